The lowest BCUT2D eigenvalue weighted by Crippen LogP contribution is -2.38. The number of hydrogen-bond donors (Lipinski definition) is 4. The van der Waals surface area contributed by atoms with Gasteiger partial charge in [0.1, 0.15) is 6.04 Å². The highest BCUT2D eigenvalue weighted by Crippen LogP contribution is 2.22. The number of nitrogens with one attached hydrogen (secondary N) is 2. The molecule has 0 bridgehead atoms. The van der Waals surface area contributed by atoms with Crippen molar-refractivity contribution in [3.05, 3.63) is 11.6 Å². The maximum Gasteiger partial charge on any atom is 0.327 e. The third-order valence-electron chi connectivity index (χ3n) is 6.70. The number of aliphatic hydroxyl groups excluding tert-OH is 1. The normalized spacial score (nSPS) is 15.5. The van der Waals surface area contributed by atoms with Gasteiger partial charge in [-0.3, -0.25) is 9.59 Å². The first kappa shape index (κ1) is 38.6. The molecule has 0 rings (SSSR count). The van der Waals surface area contributed by atoms with Gasteiger partial charge in [0, 0.05) is 18.4 Å². The summed E-state index contributed by atoms with van der Waals surface area (Å²) in [5, 5.41) is 22.7. The first-order valence-electron chi connectivity index (χ1n) is 14.4. The summed E-state index contributed by atoms with van der Waals surface area (Å²) in [6.45, 7) is 16.4. The summed E-state index contributed by atoms with van der Waals surface area (Å²) in [4.78, 5) is 31.7. The third-order valence-corrected chi connectivity index (χ3v) is 7.67. The summed E-state index contributed by atoms with van der Waals surface area (Å²) in [6.07, 6.45) is 14.0. The molecule has 7 nitrogen and oxygen atoms in total. The lowest BCUT2D eigenvalue weighted by Gasteiger charge is -2.15. The molecular weight excluding hydrogens is 500 g/mol. The Morgan fingerprint density at radius 1 is 0.868 bits per heavy atom. The van der Waals surface area contributed by atoms with Crippen LogP contribution in [0, 0.1) is 17.8 Å². The minimum absolute atomic E-state index is 0.108. The van der Waals surface area contributed by atoms with Crippen LogP contribution in [0.15, 0.2) is 11.6 Å². The van der Waals surface area contributed by atoms with Gasteiger partial charge in [0.2, 0.25) is 12.3 Å². The zero-order valence-corrected chi connectivity index (χ0v) is 26.2. The standard InChI is InChI=1S/C24H45NO3S.C6H13NO2/c1-19(2)9-6-10-20(3)11-7-12-21(4)13-8-14-22(5)15-16-29-17-23(24(27)28)25-18-26;1-4(5(2)8)7-6(3)9/h15,18-21,23H,6-14,16-17H2,1-5H3,(H,25,26)(H,27,28);4-5,8H,1-3H3,(H,7,9)/b22-15+;. The fourth-order valence-electron chi connectivity index (χ4n) is 3.91. The summed E-state index contributed by atoms with van der Waals surface area (Å²) in [7, 11) is 0. The molecule has 4 N–H and O–H groups in total. The predicted molar refractivity (Wildman–Crippen MR) is 161 cm³/mol. The van der Waals surface area contributed by atoms with Crippen molar-refractivity contribution in [3.8, 4) is 0 Å². The van der Waals surface area contributed by atoms with Crippen molar-refractivity contribution in [2.24, 2.45) is 17.8 Å². The molecule has 0 aliphatic heterocycles. The molecule has 0 aromatic rings. The number of carbonyl (C=O) groups is 3. The fourth-order valence-corrected chi connectivity index (χ4v) is 4.92. The lowest BCUT2D eigenvalue weighted by molar-refractivity contribution is -0.139. The molecule has 0 fully saturated rings. The molecule has 8 heteroatoms. The van der Waals surface area contributed by atoms with Crippen molar-refractivity contribution < 1.29 is 24.6 Å². The second kappa shape index (κ2) is 24.5. The molecule has 0 aromatic carbocycles. The second-order valence-corrected chi connectivity index (χ2v) is 12.4. The molecule has 0 aliphatic rings. The van der Waals surface area contributed by atoms with E-state index < -0.39 is 18.1 Å². The van der Waals surface area contributed by atoms with E-state index in [1.54, 1.807) is 13.8 Å². The van der Waals surface area contributed by atoms with Gasteiger partial charge in [-0.25, -0.2) is 4.79 Å². The minimum Gasteiger partial charge on any atom is -0.480 e. The van der Waals surface area contributed by atoms with Crippen LogP contribution >= 0.6 is 11.8 Å². The Morgan fingerprint density at radius 2 is 1.39 bits per heavy atom. The lowest BCUT2D eigenvalue weighted by atomic mass is 9.91. The Bertz CT molecular complexity index is 655. The van der Waals surface area contributed by atoms with Gasteiger partial charge in [-0.05, 0) is 51.4 Å². The highest BCUT2D eigenvalue weighted by molar-refractivity contribution is 7.99. The average molecular weight is 559 g/mol. The van der Waals surface area contributed by atoms with E-state index >= 15 is 0 Å². The van der Waals surface area contributed by atoms with Crippen LogP contribution < -0.4 is 10.6 Å². The molecular formula is C30H58N2O5S. The first-order chi connectivity index (χ1) is 17.8. The molecule has 5 atom stereocenters. The molecule has 0 spiro atoms. The van der Waals surface area contributed by atoms with Crippen LogP contribution in [-0.2, 0) is 14.4 Å². The molecule has 5 unspecified atom stereocenters. The fraction of sp³-hybridized carbons (Fsp3) is 0.833. The highest BCUT2D eigenvalue weighted by atomic mass is 32.2. The summed E-state index contributed by atoms with van der Waals surface area (Å²) in [5.41, 5.74) is 1.37. The van der Waals surface area contributed by atoms with E-state index in [9.17, 15) is 14.4 Å². The van der Waals surface area contributed by atoms with E-state index in [-0.39, 0.29) is 11.9 Å². The van der Waals surface area contributed by atoms with Crippen LogP contribution in [0.2, 0.25) is 0 Å². The van der Waals surface area contributed by atoms with E-state index in [1.807, 2.05) is 0 Å². The molecule has 0 saturated heterocycles. The van der Waals surface area contributed by atoms with Gasteiger partial charge in [0.25, 0.3) is 0 Å². The number of aliphatic hydroxyl groups is 1. The Hall–Kier alpha value is -1.54. The smallest absolute Gasteiger partial charge is 0.327 e. The van der Waals surface area contributed by atoms with Crippen LogP contribution in [0.4, 0.5) is 0 Å². The maximum atomic E-state index is 11.0. The van der Waals surface area contributed by atoms with Gasteiger partial charge in [0.05, 0.1) is 12.1 Å². The SMILES string of the molecule is C/C(=C\CSCC(NC=O)C(=O)O)CCCC(C)CCCC(C)CCCC(C)C.CC(=O)NC(C)C(C)O. The van der Waals surface area contributed by atoms with Crippen LogP contribution in [0.1, 0.15) is 113 Å². The maximum absolute atomic E-state index is 11.0. The third kappa shape index (κ3) is 26.1. The quantitative estimate of drug-likeness (QED) is 0.0758. The van der Waals surface area contributed by atoms with Crippen molar-refractivity contribution >= 4 is 30.0 Å². The Balaban J connectivity index is 0. The number of amides is 2. The molecule has 38 heavy (non-hydrogen) atoms. The van der Waals surface area contributed by atoms with E-state index in [4.69, 9.17) is 10.2 Å². The molecule has 2 amide bonds. The number of hydrogen-bond acceptors (Lipinski definition) is 5. The first-order valence-corrected chi connectivity index (χ1v) is 15.6. The summed E-state index contributed by atoms with van der Waals surface area (Å²) in [5.74, 6) is 2.59. The Kier molecular flexibility index (Phi) is 24.9. The van der Waals surface area contributed by atoms with E-state index in [0.717, 1.165) is 29.9 Å². The van der Waals surface area contributed by atoms with Crippen LogP contribution in [-0.4, -0.2) is 58.2 Å². The van der Waals surface area contributed by atoms with Crippen molar-refractivity contribution in [1.29, 1.82) is 0 Å². The summed E-state index contributed by atoms with van der Waals surface area (Å²) < 4.78 is 0. The number of aliphatic carboxylic acids is 1. The van der Waals surface area contributed by atoms with Crippen LogP contribution in [0.3, 0.4) is 0 Å². The van der Waals surface area contributed by atoms with Crippen molar-refractivity contribution in [2.45, 2.75) is 131 Å². The molecule has 0 saturated carbocycles. The van der Waals surface area contributed by atoms with Gasteiger partial charge in [-0.1, -0.05) is 84.3 Å². The van der Waals surface area contributed by atoms with Gasteiger partial charge < -0.3 is 20.8 Å². The number of thioether (sulfide) groups is 1. The van der Waals surface area contributed by atoms with E-state index in [0.29, 0.717) is 12.2 Å². The molecule has 224 valence electrons. The molecule has 0 heterocycles. The predicted octanol–water partition coefficient (Wildman–Crippen LogP) is 6.20. The number of allylic oxidation sites excluding steroid dienone is 1. The zero-order chi connectivity index (χ0) is 29.5. The largest absolute Gasteiger partial charge is 0.480 e. The number of carboxylic acid groups (broad SMARTS) is 1. The van der Waals surface area contributed by atoms with Gasteiger partial charge in [-0.15, -0.1) is 0 Å². The Morgan fingerprint density at radius 3 is 1.82 bits per heavy atom. The average Bonchev–Trinajstić information content (AvgIpc) is 2.80. The molecule has 0 aromatic heterocycles. The second-order valence-electron chi connectivity index (χ2n) is 11.4. The van der Waals surface area contributed by atoms with Crippen LogP contribution in [0.25, 0.3) is 0 Å². The van der Waals surface area contributed by atoms with Gasteiger partial charge in [-0.2, -0.15) is 11.8 Å². The molecule has 0 radical (unpaired) electrons. The number of carboxylic acids is 1. The highest BCUT2D eigenvalue weighted by Gasteiger charge is 2.15. The van der Waals surface area contributed by atoms with E-state index in [1.165, 1.54) is 75.6 Å². The van der Waals surface area contributed by atoms with Crippen LogP contribution in [0.5, 0.6) is 0 Å². The van der Waals surface area contributed by atoms with Crippen molar-refractivity contribution in [3.63, 3.8) is 0 Å². The molecule has 0 aliphatic carbocycles. The minimum atomic E-state index is -0.982. The summed E-state index contributed by atoms with van der Waals surface area (Å²) >= 11 is 1.54. The number of carbonyl (C=O) groups excluding carboxylic acids is 2. The Labute approximate surface area is 237 Å². The van der Waals surface area contributed by atoms with E-state index in [2.05, 4.69) is 51.3 Å². The summed E-state index contributed by atoms with van der Waals surface area (Å²) in [6, 6.07) is -0.951. The topological polar surface area (TPSA) is 116 Å². The number of rotatable bonds is 21. The van der Waals surface area contributed by atoms with Crippen molar-refractivity contribution in [1.82, 2.24) is 10.6 Å². The van der Waals surface area contributed by atoms with Gasteiger partial charge >= 0.3 is 5.97 Å². The van der Waals surface area contributed by atoms with Crippen molar-refractivity contribution in [2.75, 3.05) is 11.5 Å². The zero-order valence-electron chi connectivity index (χ0n) is 25.4. The monoisotopic (exact) mass is 558 g/mol. The van der Waals surface area contributed by atoms with Gasteiger partial charge in [0.15, 0.2) is 0 Å².